The first kappa shape index (κ1) is 31.4. The van der Waals surface area contributed by atoms with E-state index in [1.165, 1.54) is 36.4 Å². The van der Waals surface area contributed by atoms with Crippen LogP contribution < -0.4 is 9.62 Å². The van der Waals surface area contributed by atoms with Crippen molar-refractivity contribution in [2.24, 2.45) is 0 Å². The second kappa shape index (κ2) is 10.6. The number of benzene rings is 3. The molecule has 0 aliphatic carbocycles. The molecule has 3 aromatic carbocycles. The van der Waals surface area contributed by atoms with Crippen molar-refractivity contribution in [1.29, 1.82) is 0 Å². The Bertz CT molecular complexity index is 2020. The Hall–Kier alpha value is -4.00. The molecule has 0 spiro atoms. The van der Waals surface area contributed by atoms with Crippen LogP contribution >= 0.6 is 11.6 Å². The number of amides is 2. The van der Waals surface area contributed by atoms with E-state index in [1.54, 1.807) is 24.3 Å². The highest BCUT2D eigenvalue weighted by atomic mass is 35.5. The van der Waals surface area contributed by atoms with Crippen molar-refractivity contribution in [3.05, 3.63) is 100 Å². The van der Waals surface area contributed by atoms with E-state index in [0.717, 1.165) is 23.5 Å². The molecule has 0 bridgehead atoms. The third-order valence-corrected chi connectivity index (χ3v) is 10.6. The van der Waals surface area contributed by atoms with E-state index in [9.17, 15) is 26.4 Å². The fraction of sp³-hybridized carbons (Fsp3) is 0.258. The second-order valence-electron chi connectivity index (χ2n) is 12.5. The molecular formula is C31H31ClN4O6S2. The second-order valence-corrected chi connectivity index (χ2v) is 16.4. The van der Waals surface area contributed by atoms with Gasteiger partial charge in [-0.3, -0.25) is 14.3 Å². The predicted octanol–water partition coefficient (Wildman–Crippen LogP) is 5.97. The minimum atomic E-state index is -4.16. The zero-order chi connectivity index (χ0) is 32.4. The Morgan fingerprint density at radius 2 is 1.20 bits per heavy atom. The molecule has 2 heterocycles. The number of carbonyl (C=O) groups is 2. The van der Waals surface area contributed by atoms with E-state index in [-0.39, 0.29) is 48.1 Å². The van der Waals surface area contributed by atoms with Crippen LogP contribution in [0.4, 0.5) is 11.4 Å². The van der Waals surface area contributed by atoms with Crippen LogP contribution in [0.5, 0.6) is 0 Å². The molecule has 4 aromatic rings. The first-order valence-electron chi connectivity index (χ1n) is 13.6. The van der Waals surface area contributed by atoms with Crippen molar-refractivity contribution >= 4 is 54.8 Å². The summed E-state index contributed by atoms with van der Waals surface area (Å²) in [7, 11) is -8.32. The summed E-state index contributed by atoms with van der Waals surface area (Å²) in [5, 5.41) is 3.85. The molecule has 1 aliphatic rings. The van der Waals surface area contributed by atoms with Gasteiger partial charge in [-0.1, -0.05) is 77.4 Å². The quantitative estimate of drug-likeness (QED) is 0.253. The number of nitrogens with zero attached hydrogens (tertiary/aromatic N) is 3. The van der Waals surface area contributed by atoms with Crippen molar-refractivity contribution in [2.45, 2.75) is 62.2 Å². The van der Waals surface area contributed by atoms with Crippen LogP contribution in [0.1, 0.15) is 73.4 Å². The smallest absolute Gasteiger partial charge is 0.279 e. The van der Waals surface area contributed by atoms with E-state index in [1.807, 2.05) is 41.5 Å². The highest BCUT2D eigenvalue weighted by molar-refractivity contribution is 7.92. The van der Waals surface area contributed by atoms with Crippen LogP contribution in [0, 0.1) is 0 Å². The maximum Gasteiger partial charge on any atom is 0.283 e. The fourth-order valence-corrected chi connectivity index (χ4v) is 7.18. The first-order valence-corrected chi connectivity index (χ1v) is 16.9. The van der Waals surface area contributed by atoms with Crippen molar-refractivity contribution < 1.29 is 26.4 Å². The summed E-state index contributed by atoms with van der Waals surface area (Å²) in [6.45, 7) is 12.0. The first-order chi connectivity index (χ1) is 20.3. The molecule has 0 unspecified atom stereocenters. The molecule has 0 saturated carbocycles. The highest BCUT2D eigenvalue weighted by Crippen LogP contribution is 2.38. The molecule has 0 fully saturated rings. The largest absolute Gasteiger partial charge is 0.283 e. The van der Waals surface area contributed by atoms with Crippen LogP contribution in [0.3, 0.4) is 0 Å². The molecule has 230 valence electrons. The minimum Gasteiger partial charge on any atom is -0.279 e. The lowest BCUT2D eigenvalue weighted by Gasteiger charge is -2.19. The lowest BCUT2D eigenvalue weighted by Crippen LogP contribution is -2.29. The Labute approximate surface area is 261 Å². The maximum atomic E-state index is 13.6. The molecule has 0 saturated heterocycles. The number of fused-ring (bicyclic) bond motifs is 1. The van der Waals surface area contributed by atoms with Crippen LogP contribution in [-0.4, -0.2) is 37.8 Å². The van der Waals surface area contributed by atoms with Crippen LogP contribution in [-0.2, 0) is 30.9 Å². The fourth-order valence-electron chi connectivity index (χ4n) is 4.76. The van der Waals surface area contributed by atoms with Crippen LogP contribution in [0.25, 0.3) is 0 Å². The topological polar surface area (TPSA) is 136 Å². The molecule has 44 heavy (non-hydrogen) atoms. The van der Waals surface area contributed by atoms with Crippen molar-refractivity contribution in [2.75, 3.05) is 9.62 Å². The van der Waals surface area contributed by atoms with Gasteiger partial charge < -0.3 is 0 Å². The zero-order valence-corrected chi connectivity index (χ0v) is 27.3. The van der Waals surface area contributed by atoms with Gasteiger partial charge in [0.25, 0.3) is 31.9 Å². The SMILES string of the molecule is CC(C)(C)c1ccc(S(=O)(=O)Nc2ccc(Cl)c3c2C(=O)N(c2cnn(S(=O)(=O)c4ccc(C(C)(C)C)cc4)c2)C3=O)cc1. The number of rotatable bonds is 6. The van der Waals surface area contributed by atoms with Gasteiger partial charge in [-0.15, -0.1) is 0 Å². The van der Waals surface area contributed by atoms with Gasteiger partial charge in [0.2, 0.25) is 0 Å². The number of anilines is 2. The number of halogens is 1. The van der Waals surface area contributed by atoms with Gasteiger partial charge in [-0.25, -0.2) is 13.3 Å². The Morgan fingerprint density at radius 3 is 1.73 bits per heavy atom. The number of aromatic nitrogens is 2. The average molecular weight is 655 g/mol. The summed E-state index contributed by atoms with van der Waals surface area (Å²) in [6.07, 6.45) is 2.11. The normalized spacial score (nSPS) is 14.2. The Morgan fingerprint density at radius 1 is 0.705 bits per heavy atom. The molecule has 1 N–H and O–H groups in total. The van der Waals surface area contributed by atoms with Gasteiger partial charge in [0, 0.05) is 0 Å². The van der Waals surface area contributed by atoms with Gasteiger partial charge in [0.1, 0.15) is 0 Å². The van der Waals surface area contributed by atoms with E-state index in [0.29, 0.717) is 8.99 Å². The van der Waals surface area contributed by atoms with Gasteiger partial charge >= 0.3 is 0 Å². The number of carbonyl (C=O) groups excluding carboxylic acids is 2. The predicted molar refractivity (Wildman–Crippen MR) is 168 cm³/mol. The summed E-state index contributed by atoms with van der Waals surface area (Å²) >= 11 is 6.31. The molecule has 1 aromatic heterocycles. The molecule has 0 atom stereocenters. The van der Waals surface area contributed by atoms with Crippen molar-refractivity contribution in [1.82, 2.24) is 9.19 Å². The van der Waals surface area contributed by atoms with Crippen LogP contribution in [0.2, 0.25) is 5.02 Å². The average Bonchev–Trinajstić information content (AvgIpc) is 3.53. The van der Waals surface area contributed by atoms with Crippen molar-refractivity contribution in [3.8, 4) is 0 Å². The number of nitrogens with one attached hydrogen (secondary N) is 1. The maximum absolute atomic E-state index is 13.6. The number of hydrogen-bond acceptors (Lipinski definition) is 7. The van der Waals surface area contributed by atoms with Crippen molar-refractivity contribution in [3.63, 3.8) is 0 Å². The standard InChI is InChI=1S/C31H31ClN4O6S2/c1-30(2,3)19-7-11-22(12-8-19)43(39,40)34-25-16-15-24(32)26-27(25)29(38)36(28(26)37)21-17-33-35(18-21)44(41,42)23-13-9-20(10-14-23)31(4,5)6/h7-18,34H,1-6H3. The van der Waals surface area contributed by atoms with Crippen LogP contribution in [0.15, 0.2) is 82.8 Å². The Balaban J connectivity index is 1.46. The summed E-state index contributed by atoms with van der Waals surface area (Å²) in [4.78, 5) is 27.8. The molecular weight excluding hydrogens is 624 g/mol. The Kier molecular flexibility index (Phi) is 7.55. The molecule has 10 nitrogen and oxygen atoms in total. The third-order valence-electron chi connectivity index (χ3n) is 7.33. The van der Waals surface area contributed by atoms with Gasteiger partial charge in [0.05, 0.1) is 49.7 Å². The minimum absolute atomic E-state index is 0.0298. The van der Waals surface area contributed by atoms with E-state index in [2.05, 4.69) is 9.82 Å². The molecule has 0 radical (unpaired) electrons. The van der Waals surface area contributed by atoms with E-state index in [4.69, 9.17) is 11.6 Å². The lowest BCUT2D eigenvalue weighted by molar-refractivity contribution is 0.0926. The number of imide groups is 1. The summed E-state index contributed by atoms with van der Waals surface area (Å²) in [5.74, 6) is -1.74. The van der Waals surface area contributed by atoms with Gasteiger partial charge in [-0.2, -0.15) is 17.6 Å². The molecule has 5 rings (SSSR count). The molecule has 1 aliphatic heterocycles. The summed E-state index contributed by atoms with van der Waals surface area (Å²) in [5.41, 5.74) is 0.751. The lowest BCUT2D eigenvalue weighted by atomic mass is 9.87. The highest BCUT2D eigenvalue weighted by Gasteiger charge is 2.42. The summed E-state index contributed by atoms with van der Waals surface area (Å²) in [6, 6.07) is 15.3. The molecule has 13 heteroatoms. The van der Waals surface area contributed by atoms with Gasteiger partial charge in [0.15, 0.2) is 0 Å². The molecule has 2 amide bonds. The van der Waals surface area contributed by atoms with E-state index >= 15 is 0 Å². The zero-order valence-electron chi connectivity index (χ0n) is 24.9. The number of sulfonamides is 1. The third kappa shape index (κ3) is 5.53. The van der Waals surface area contributed by atoms with Gasteiger partial charge in [-0.05, 0) is 58.4 Å². The monoisotopic (exact) mass is 654 g/mol. The number of hydrogen-bond donors (Lipinski definition) is 1. The van der Waals surface area contributed by atoms with E-state index < -0.39 is 31.9 Å². The summed E-state index contributed by atoms with van der Waals surface area (Å²) < 4.78 is 56.2.